The lowest BCUT2D eigenvalue weighted by Crippen LogP contribution is -2.29. The Hall–Kier alpha value is -2.62. The van der Waals surface area contributed by atoms with Crippen molar-refractivity contribution in [2.75, 3.05) is 21.3 Å². The summed E-state index contributed by atoms with van der Waals surface area (Å²) < 4.78 is 12.9. The molecule has 0 fully saturated rings. The van der Waals surface area contributed by atoms with Crippen LogP contribution in [0, 0.1) is 0 Å². The topological polar surface area (TPSA) is 33.8 Å². The number of benzene rings is 2. The molecule has 0 atom stereocenters. The number of hydrogen-bond acceptors (Lipinski definition) is 3. The summed E-state index contributed by atoms with van der Waals surface area (Å²) in [6.07, 6.45) is 1.93. The first kappa shape index (κ1) is 16.2. The van der Waals surface area contributed by atoms with E-state index in [-0.39, 0.29) is 5.41 Å². The van der Waals surface area contributed by atoms with Crippen LogP contribution in [0.5, 0.6) is 11.5 Å². The molecule has 2 aromatic rings. The van der Waals surface area contributed by atoms with Crippen LogP contribution in [0.25, 0.3) is 0 Å². The van der Waals surface area contributed by atoms with E-state index in [2.05, 4.69) is 54.7 Å². The van der Waals surface area contributed by atoms with E-state index >= 15 is 0 Å². The third-order valence-electron chi connectivity index (χ3n) is 4.65. The number of methoxy groups -OCH3 is 2. The van der Waals surface area contributed by atoms with E-state index in [0.29, 0.717) is 5.75 Å². The van der Waals surface area contributed by atoms with Gasteiger partial charge in [0.1, 0.15) is 24.2 Å². The number of para-hydroxylation sites is 1. The lowest BCUT2D eigenvalue weighted by molar-refractivity contribution is -0.400. The molecule has 0 bridgehead atoms. The van der Waals surface area contributed by atoms with Crippen LogP contribution in [0.3, 0.4) is 0 Å². The molecule has 1 aliphatic rings. The van der Waals surface area contributed by atoms with Crippen molar-refractivity contribution in [3.05, 3.63) is 48.0 Å². The van der Waals surface area contributed by atoms with Gasteiger partial charge in [-0.05, 0) is 26.0 Å². The molecule has 0 amide bonds. The second-order valence-electron chi connectivity index (χ2n) is 6.38. The minimum atomic E-state index is -0.0887. The molecule has 1 aliphatic heterocycles. The molecular formula is C20H23N2O2+. The average Bonchev–Trinajstić information content (AvgIpc) is 2.80. The average molecular weight is 323 g/mol. The summed E-state index contributed by atoms with van der Waals surface area (Å²) in [7, 11) is 5.36. The molecule has 2 aromatic carbocycles. The first-order valence-corrected chi connectivity index (χ1v) is 7.96. The molecule has 0 saturated carbocycles. The zero-order chi connectivity index (χ0) is 17.3. The first-order valence-electron chi connectivity index (χ1n) is 7.96. The second kappa shape index (κ2) is 6.11. The van der Waals surface area contributed by atoms with Gasteiger partial charge in [-0.25, -0.2) is 4.99 Å². The summed E-state index contributed by atoms with van der Waals surface area (Å²) in [5, 5.41) is 0. The van der Waals surface area contributed by atoms with Gasteiger partial charge in [0.15, 0.2) is 0 Å². The Morgan fingerprint density at radius 2 is 1.79 bits per heavy atom. The van der Waals surface area contributed by atoms with E-state index in [1.54, 1.807) is 14.2 Å². The zero-order valence-electron chi connectivity index (χ0n) is 14.8. The van der Waals surface area contributed by atoms with Crippen LogP contribution in [-0.2, 0) is 5.41 Å². The van der Waals surface area contributed by atoms with Gasteiger partial charge in [-0.3, -0.25) is 0 Å². The fourth-order valence-corrected chi connectivity index (χ4v) is 3.25. The van der Waals surface area contributed by atoms with Gasteiger partial charge >= 0.3 is 0 Å². The summed E-state index contributed by atoms with van der Waals surface area (Å²) >= 11 is 0. The Morgan fingerprint density at radius 1 is 1.04 bits per heavy atom. The molecule has 0 aromatic heterocycles. The molecule has 0 radical (unpaired) electrons. The van der Waals surface area contributed by atoms with E-state index in [1.807, 2.05) is 24.4 Å². The molecular weight excluding hydrogens is 300 g/mol. The van der Waals surface area contributed by atoms with Gasteiger partial charge in [-0.2, -0.15) is 4.58 Å². The zero-order valence-corrected chi connectivity index (χ0v) is 14.8. The van der Waals surface area contributed by atoms with Gasteiger partial charge < -0.3 is 9.47 Å². The molecule has 0 unspecified atom stereocenters. The third kappa shape index (κ3) is 2.58. The maximum Gasteiger partial charge on any atom is 0.210 e. The number of ether oxygens (including phenoxy) is 2. The van der Waals surface area contributed by atoms with Crippen LogP contribution in [-0.4, -0.2) is 37.8 Å². The molecule has 124 valence electrons. The van der Waals surface area contributed by atoms with Crippen LogP contribution >= 0.6 is 0 Å². The monoisotopic (exact) mass is 323 g/mol. The summed E-state index contributed by atoms with van der Waals surface area (Å²) in [5.74, 6) is 1.45. The molecule has 4 nitrogen and oxygen atoms in total. The van der Waals surface area contributed by atoms with E-state index in [1.165, 1.54) is 11.3 Å². The quantitative estimate of drug-likeness (QED) is 0.627. The number of hydrogen-bond donors (Lipinski definition) is 0. The highest BCUT2D eigenvalue weighted by atomic mass is 16.5. The predicted octanol–water partition coefficient (Wildman–Crippen LogP) is 4.11. The Balaban J connectivity index is 2.00. The molecule has 0 N–H and O–H groups in total. The molecule has 0 saturated heterocycles. The number of aliphatic imine (C=N–C) groups is 1. The van der Waals surface area contributed by atoms with Gasteiger partial charge in [0.2, 0.25) is 11.4 Å². The highest BCUT2D eigenvalue weighted by Gasteiger charge is 2.43. The highest BCUT2D eigenvalue weighted by molar-refractivity contribution is 6.34. The first-order chi connectivity index (χ1) is 11.5. The van der Waals surface area contributed by atoms with Crippen LogP contribution in [0.1, 0.15) is 19.4 Å². The SMILES string of the molecule is COc1ccc(N=CC2=[N+](C)c3ccccc3C2(C)C)c(OC)c1. The van der Waals surface area contributed by atoms with Gasteiger partial charge in [0.25, 0.3) is 0 Å². The van der Waals surface area contributed by atoms with Crippen molar-refractivity contribution in [3.8, 4) is 11.5 Å². The maximum atomic E-state index is 5.43. The van der Waals surface area contributed by atoms with Crippen molar-refractivity contribution >= 4 is 23.3 Å². The summed E-state index contributed by atoms with van der Waals surface area (Å²) in [4.78, 5) is 4.68. The van der Waals surface area contributed by atoms with E-state index in [0.717, 1.165) is 17.1 Å². The minimum Gasteiger partial charge on any atom is -0.497 e. The Kier molecular flexibility index (Phi) is 4.14. The Bertz CT molecular complexity index is 835. The van der Waals surface area contributed by atoms with Crippen molar-refractivity contribution in [2.45, 2.75) is 19.3 Å². The minimum absolute atomic E-state index is 0.0887. The smallest absolute Gasteiger partial charge is 0.210 e. The van der Waals surface area contributed by atoms with Crippen LogP contribution in [0.4, 0.5) is 11.4 Å². The highest BCUT2D eigenvalue weighted by Crippen LogP contribution is 2.38. The molecule has 3 rings (SSSR count). The fourth-order valence-electron chi connectivity index (χ4n) is 3.25. The molecule has 0 spiro atoms. The van der Waals surface area contributed by atoms with Crippen LogP contribution in [0.15, 0.2) is 47.5 Å². The third-order valence-corrected chi connectivity index (χ3v) is 4.65. The second-order valence-corrected chi connectivity index (χ2v) is 6.38. The van der Waals surface area contributed by atoms with Crippen molar-refractivity contribution in [3.63, 3.8) is 0 Å². The normalized spacial score (nSPS) is 15.7. The number of fused-ring (bicyclic) bond motifs is 1. The lowest BCUT2D eigenvalue weighted by atomic mass is 9.82. The summed E-state index contributed by atoms with van der Waals surface area (Å²) in [6, 6.07) is 14.1. The van der Waals surface area contributed by atoms with Crippen molar-refractivity contribution in [1.29, 1.82) is 0 Å². The van der Waals surface area contributed by atoms with E-state index in [4.69, 9.17) is 9.47 Å². The molecule has 0 aliphatic carbocycles. The Morgan fingerprint density at radius 3 is 2.46 bits per heavy atom. The maximum absolute atomic E-state index is 5.43. The summed E-state index contributed by atoms with van der Waals surface area (Å²) in [5.41, 5.74) is 4.39. The molecule has 24 heavy (non-hydrogen) atoms. The van der Waals surface area contributed by atoms with Crippen LogP contribution in [0.2, 0.25) is 0 Å². The van der Waals surface area contributed by atoms with Gasteiger partial charge in [-0.1, -0.05) is 18.2 Å². The van der Waals surface area contributed by atoms with Gasteiger partial charge in [-0.15, -0.1) is 0 Å². The number of rotatable bonds is 4. The molecule has 1 heterocycles. The predicted molar refractivity (Wildman–Crippen MR) is 98.0 cm³/mol. The van der Waals surface area contributed by atoms with E-state index < -0.39 is 0 Å². The standard InChI is InChI=1S/C20H23N2O2/c1-20(2)15-8-6-7-9-17(15)22(3)19(20)13-21-16-11-10-14(23-4)12-18(16)24-5/h6-13H,1-5H3/q+1. The van der Waals surface area contributed by atoms with Crippen molar-refractivity contribution < 1.29 is 14.0 Å². The Labute approximate surface area is 143 Å². The number of nitrogens with zero attached hydrogens (tertiary/aromatic N) is 2. The molecule has 4 heteroatoms. The fraction of sp³-hybridized carbons (Fsp3) is 0.300. The lowest BCUT2D eigenvalue weighted by Gasteiger charge is -2.14. The van der Waals surface area contributed by atoms with Crippen molar-refractivity contribution in [2.24, 2.45) is 4.99 Å². The van der Waals surface area contributed by atoms with Gasteiger partial charge in [0, 0.05) is 17.7 Å². The summed E-state index contributed by atoms with van der Waals surface area (Å²) in [6.45, 7) is 4.45. The van der Waals surface area contributed by atoms with Crippen molar-refractivity contribution in [1.82, 2.24) is 0 Å². The van der Waals surface area contributed by atoms with Crippen LogP contribution < -0.4 is 9.47 Å². The largest absolute Gasteiger partial charge is 0.497 e. The van der Waals surface area contributed by atoms with E-state index in [9.17, 15) is 0 Å². The van der Waals surface area contributed by atoms with Gasteiger partial charge in [0.05, 0.1) is 25.8 Å².